The number of oxime groups is 1. The Balaban J connectivity index is 2.08. The predicted octanol–water partition coefficient (Wildman–Crippen LogP) is 1.91. The molecule has 0 spiro atoms. The molecular weight excluding hydrogens is 270 g/mol. The highest BCUT2D eigenvalue weighted by Crippen LogP contribution is 2.28. The number of aromatic nitrogens is 3. The summed E-state index contributed by atoms with van der Waals surface area (Å²) in [5, 5.41) is 20.3. The first kappa shape index (κ1) is 12.8. The molecule has 0 aliphatic carbocycles. The second kappa shape index (κ2) is 5.41. The van der Waals surface area contributed by atoms with E-state index in [2.05, 4.69) is 20.3 Å². The Hall–Kier alpha value is -3.22. The Morgan fingerprint density at radius 1 is 1.14 bits per heavy atom. The summed E-state index contributed by atoms with van der Waals surface area (Å²) < 4.78 is 5.74. The zero-order valence-corrected chi connectivity index (χ0v) is 10.8. The van der Waals surface area contributed by atoms with Gasteiger partial charge >= 0.3 is 0 Å². The highest BCUT2D eigenvalue weighted by molar-refractivity contribution is 5.99. The van der Waals surface area contributed by atoms with Crippen LogP contribution in [-0.2, 0) is 0 Å². The maximum Gasteiger partial charge on any atom is 0.250 e. The van der Waals surface area contributed by atoms with Crippen molar-refractivity contribution in [3.05, 3.63) is 54.4 Å². The van der Waals surface area contributed by atoms with Crippen LogP contribution in [0.15, 0.2) is 53.9 Å². The molecule has 1 aromatic carbocycles. The fourth-order valence-corrected chi connectivity index (χ4v) is 1.91. The summed E-state index contributed by atoms with van der Waals surface area (Å²) in [5.41, 5.74) is 6.64. The van der Waals surface area contributed by atoms with Gasteiger partial charge < -0.3 is 15.7 Å². The van der Waals surface area contributed by atoms with Crippen molar-refractivity contribution < 1.29 is 9.94 Å². The van der Waals surface area contributed by atoms with Crippen molar-refractivity contribution >= 4 is 16.7 Å². The minimum Gasteiger partial charge on any atom is -0.435 e. The van der Waals surface area contributed by atoms with Gasteiger partial charge in [0.2, 0.25) is 5.88 Å². The molecule has 0 atom stereocenters. The molecule has 0 aliphatic heterocycles. The van der Waals surface area contributed by atoms with Crippen LogP contribution in [0.2, 0.25) is 0 Å². The zero-order chi connectivity index (χ0) is 14.7. The highest BCUT2D eigenvalue weighted by atomic mass is 16.5. The normalized spacial score (nSPS) is 11.5. The third-order valence-electron chi connectivity index (χ3n) is 2.87. The molecule has 3 rings (SSSR count). The Bertz CT molecular complexity index is 814. The van der Waals surface area contributed by atoms with E-state index in [0.717, 1.165) is 5.39 Å². The van der Waals surface area contributed by atoms with Crippen LogP contribution in [0.1, 0.15) is 5.56 Å². The number of nitrogens with zero attached hydrogens (tertiary/aromatic N) is 4. The third kappa shape index (κ3) is 2.44. The second-order valence-electron chi connectivity index (χ2n) is 4.17. The molecule has 0 unspecified atom stereocenters. The fourth-order valence-electron chi connectivity index (χ4n) is 1.91. The van der Waals surface area contributed by atoms with E-state index >= 15 is 0 Å². The molecule has 0 bridgehead atoms. The minimum atomic E-state index is -0.104. The molecule has 3 aromatic rings. The highest BCUT2D eigenvalue weighted by Gasteiger charge is 2.13. The van der Waals surface area contributed by atoms with Gasteiger partial charge in [-0.1, -0.05) is 23.4 Å². The van der Waals surface area contributed by atoms with Crippen molar-refractivity contribution in [1.82, 2.24) is 15.2 Å². The number of benzene rings is 1. The molecule has 0 saturated carbocycles. The number of pyridine rings is 1. The van der Waals surface area contributed by atoms with Gasteiger partial charge in [0.15, 0.2) is 11.6 Å². The van der Waals surface area contributed by atoms with Gasteiger partial charge in [0.1, 0.15) is 5.52 Å². The van der Waals surface area contributed by atoms with Crippen molar-refractivity contribution in [3.8, 4) is 11.6 Å². The molecule has 7 nitrogen and oxygen atoms in total. The Kier molecular flexibility index (Phi) is 3.30. The van der Waals surface area contributed by atoms with E-state index in [1.54, 1.807) is 18.3 Å². The number of ether oxygens (including phenoxy) is 1. The standard InChI is InChI=1S/C14H11N5O2/c15-13(19-20)10-6-8-17-18-14(10)21-11-5-1-3-9-4-2-7-16-12(9)11/h1-8,20H,(H2,15,19). The number of hydrogen-bond acceptors (Lipinski definition) is 6. The molecule has 2 aromatic heterocycles. The average molecular weight is 281 g/mol. The maximum atomic E-state index is 8.80. The fraction of sp³-hybridized carbons (Fsp3) is 0. The minimum absolute atomic E-state index is 0.104. The van der Waals surface area contributed by atoms with Crippen molar-refractivity contribution in [2.24, 2.45) is 10.9 Å². The number of hydrogen-bond donors (Lipinski definition) is 2. The molecule has 0 fully saturated rings. The third-order valence-corrected chi connectivity index (χ3v) is 2.87. The van der Waals surface area contributed by atoms with Crippen molar-refractivity contribution in [2.45, 2.75) is 0 Å². The monoisotopic (exact) mass is 281 g/mol. The quantitative estimate of drug-likeness (QED) is 0.329. The summed E-state index contributed by atoms with van der Waals surface area (Å²) in [6, 6.07) is 10.9. The lowest BCUT2D eigenvalue weighted by atomic mass is 10.2. The van der Waals surface area contributed by atoms with E-state index in [-0.39, 0.29) is 11.7 Å². The molecule has 3 N–H and O–H groups in total. The molecular formula is C14H11N5O2. The van der Waals surface area contributed by atoms with Gasteiger partial charge in [-0.05, 0) is 18.2 Å². The van der Waals surface area contributed by atoms with E-state index in [1.807, 2.05) is 24.3 Å². The topological polar surface area (TPSA) is 107 Å². The van der Waals surface area contributed by atoms with Crippen LogP contribution in [-0.4, -0.2) is 26.2 Å². The molecule has 21 heavy (non-hydrogen) atoms. The molecule has 0 amide bonds. The van der Waals surface area contributed by atoms with E-state index < -0.39 is 0 Å². The largest absolute Gasteiger partial charge is 0.435 e. The number of para-hydroxylation sites is 1. The lowest BCUT2D eigenvalue weighted by Crippen LogP contribution is -2.15. The van der Waals surface area contributed by atoms with Gasteiger partial charge in [-0.3, -0.25) is 4.98 Å². The van der Waals surface area contributed by atoms with Gasteiger partial charge in [-0.2, -0.15) is 5.10 Å². The average Bonchev–Trinajstić information content (AvgIpc) is 2.55. The van der Waals surface area contributed by atoms with Crippen molar-refractivity contribution in [1.29, 1.82) is 0 Å². The smallest absolute Gasteiger partial charge is 0.250 e. The summed E-state index contributed by atoms with van der Waals surface area (Å²) in [7, 11) is 0. The van der Waals surface area contributed by atoms with Crippen LogP contribution in [0.4, 0.5) is 0 Å². The van der Waals surface area contributed by atoms with E-state index in [1.165, 1.54) is 6.20 Å². The number of nitrogens with two attached hydrogens (primary N) is 1. The number of rotatable bonds is 3. The second-order valence-corrected chi connectivity index (χ2v) is 4.17. The summed E-state index contributed by atoms with van der Waals surface area (Å²) in [4.78, 5) is 4.29. The van der Waals surface area contributed by atoms with Gasteiger partial charge in [-0.15, -0.1) is 5.10 Å². The lowest BCUT2D eigenvalue weighted by molar-refractivity contribution is 0.318. The summed E-state index contributed by atoms with van der Waals surface area (Å²) in [6.07, 6.45) is 3.11. The maximum absolute atomic E-state index is 8.80. The molecule has 7 heteroatoms. The van der Waals surface area contributed by atoms with E-state index in [0.29, 0.717) is 16.8 Å². The summed E-state index contributed by atoms with van der Waals surface area (Å²) in [6.45, 7) is 0. The molecule has 2 heterocycles. The van der Waals surface area contributed by atoms with Crippen molar-refractivity contribution in [3.63, 3.8) is 0 Å². The molecule has 0 saturated heterocycles. The van der Waals surface area contributed by atoms with Crippen LogP contribution in [0.5, 0.6) is 11.6 Å². The van der Waals surface area contributed by atoms with Gasteiger partial charge in [0.25, 0.3) is 0 Å². The van der Waals surface area contributed by atoms with Crippen LogP contribution in [0, 0.1) is 0 Å². The van der Waals surface area contributed by atoms with Gasteiger partial charge in [0, 0.05) is 11.6 Å². The van der Waals surface area contributed by atoms with Crippen LogP contribution >= 0.6 is 0 Å². The zero-order valence-electron chi connectivity index (χ0n) is 10.8. The number of fused-ring (bicyclic) bond motifs is 1. The number of amidine groups is 1. The summed E-state index contributed by atoms with van der Waals surface area (Å²) in [5.74, 6) is 0.555. The predicted molar refractivity (Wildman–Crippen MR) is 76.4 cm³/mol. The first-order chi connectivity index (χ1) is 10.3. The van der Waals surface area contributed by atoms with Gasteiger partial charge in [0.05, 0.1) is 11.8 Å². The van der Waals surface area contributed by atoms with E-state index in [9.17, 15) is 0 Å². The van der Waals surface area contributed by atoms with Crippen LogP contribution in [0.25, 0.3) is 10.9 Å². The summed E-state index contributed by atoms with van der Waals surface area (Å²) >= 11 is 0. The van der Waals surface area contributed by atoms with Crippen LogP contribution < -0.4 is 10.5 Å². The SMILES string of the molecule is N/C(=N/O)c1ccnnc1Oc1cccc2cccnc12. The first-order valence-electron chi connectivity index (χ1n) is 6.11. The molecule has 0 aliphatic rings. The molecule has 104 valence electrons. The van der Waals surface area contributed by atoms with Crippen molar-refractivity contribution in [2.75, 3.05) is 0 Å². The Labute approximate surface area is 119 Å². The van der Waals surface area contributed by atoms with Crippen LogP contribution in [0.3, 0.4) is 0 Å². The first-order valence-corrected chi connectivity index (χ1v) is 6.11. The Morgan fingerprint density at radius 2 is 2.00 bits per heavy atom. The van der Waals surface area contributed by atoms with E-state index in [4.69, 9.17) is 15.7 Å². The molecule has 0 radical (unpaired) electrons. The van der Waals surface area contributed by atoms with Gasteiger partial charge in [-0.25, -0.2) is 0 Å². The lowest BCUT2D eigenvalue weighted by Gasteiger charge is -2.09. The Morgan fingerprint density at radius 3 is 2.86 bits per heavy atom.